The molecule has 0 spiro atoms. The molecule has 0 fully saturated rings. The third kappa shape index (κ3) is 7.46. The Morgan fingerprint density at radius 3 is 2.10 bits per heavy atom. The van der Waals surface area contributed by atoms with E-state index in [9.17, 15) is 18.0 Å². The van der Waals surface area contributed by atoms with E-state index in [1.807, 2.05) is 73.7 Å². The molecule has 4 rings (SSSR count). The molecule has 0 aromatic heterocycles. The van der Waals surface area contributed by atoms with E-state index in [-0.39, 0.29) is 23.8 Å². The monoisotopic (exact) mass is 647 g/mol. The van der Waals surface area contributed by atoms with Crippen LogP contribution in [0, 0.1) is 0 Å². The number of halogens is 1. The first-order valence-corrected chi connectivity index (χ1v) is 15.9. The van der Waals surface area contributed by atoms with Crippen molar-refractivity contribution in [2.75, 3.05) is 17.9 Å². The van der Waals surface area contributed by atoms with Gasteiger partial charge in [-0.15, -0.1) is 0 Å². The van der Waals surface area contributed by atoms with Gasteiger partial charge in [-0.3, -0.25) is 13.9 Å². The smallest absolute Gasteiger partial charge is 0.264 e. The molecular formula is C33H34BrN3O4S. The molecule has 1 atom stereocenters. The highest BCUT2D eigenvalue weighted by Crippen LogP contribution is 2.28. The third-order valence-electron chi connectivity index (χ3n) is 7.01. The van der Waals surface area contributed by atoms with Crippen LogP contribution in [0.3, 0.4) is 0 Å². The summed E-state index contributed by atoms with van der Waals surface area (Å²) < 4.78 is 30.2. The number of amides is 2. The van der Waals surface area contributed by atoms with E-state index in [4.69, 9.17) is 0 Å². The number of carbonyl (C=O) groups is 2. The molecule has 0 saturated carbocycles. The fourth-order valence-corrected chi connectivity index (χ4v) is 6.76. The molecule has 0 saturated heterocycles. The number of hydrogen-bond donors (Lipinski definition) is 1. The van der Waals surface area contributed by atoms with Crippen molar-refractivity contribution in [2.24, 2.45) is 0 Å². The first-order chi connectivity index (χ1) is 20.2. The molecule has 0 aliphatic rings. The van der Waals surface area contributed by atoms with Gasteiger partial charge >= 0.3 is 0 Å². The van der Waals surface area contributed by atoms with Gasteiger partial charge in [0, 0.05) is 24.5 Å². The summed E-state index contributed by atoms with van der Waals surface area (Å²) in [6.07, 6.45) is 0.832. The highest BCUT2D eigenvalue weighted by atomic mass is 79.9. The zero-order valence-electron chi connectivity index (χ0n) is 23.6. The van der Waals surface area contributed by atoms with Crippen LogP contribution in [0.25, 0.3) is 0 Å². The molecule has 0 heterocycles. The Balaban J connectivity index is 1.81. The van der Waals surface area contributed by atoms with Crippen LogP contribution in [0.4, 0.5) is 5.69 Å². The molecule has 0 unspecified atom stereocenters. The summed E-state index contributed by atoms with van der Waals surface area (Å²) in [5, 5.41) is 2.70. The van der Waals surface area contributed by atoms with E-state index in [0.717, 1.165) is 21.2 Å². The van der Waals surface area contributed by atoms with Gasteiger partial charge in [0.15, 0.2) is 0 Å². The molecule has 4 aromatic rings. The van der Waals surface area contributed by atoms with Gasteiger partial charge in [0.2, 0.25) is 11.8 Å². The van der Waals surface area contributed by atoms with Crippen LogP contribution >= 0.6 is 15.9 Å². The average molecular weight is 649 g/mol. The van der Waals surface area contributed by atoms with Crippen molar-refractivity contribution >= 4 is 43.5 Å². The van der Waals surface area contributed by atoms with E-state index >= 15 is 0 Å². The number of nitrogens with one attached hydrogen (secondary N) is 1. The SMILES string of the molecule is CCc1ccccc1N(CC(=O)N(Cc1cccc(Br)c1)[C@H](Cc1ccccc1)C(=O)NC)S(=O)(=O)c1ccccc1. The molecule has 0 radical (unpaired) electrons. The fourth-order valence-electron chi connectivity index (χ4n) is 4.84. The summed E-state index contributed by atoms with van der Waals surface area (Å²) in [6.45, 7) is 1.57. The Bertz CT molecular complexity index is 1610. The summed E-state index contributed by atoms with van der Waals surface area (Å²) in [7, 11) is -2.59. The predicted octanol–water partition coefficient (Wildman–Crippen LogP) is 5.59. The zero-order valence-corrected chi connectivity index (χ0v) is 26.0. The standard InChI is InChI=1S/C33H34BrN3O4S/c1-3-27-16-10-11-20-30(27)37(42(40,41)29-18-8-5-9-19-29)24-32(38)36(23-26-15-12-17-28(34)21-26)31(33(39)35-2)22-25-13-6-4-7-14-25/h4-21,31H,3,22-24H2,1-2H3,(H,35,39)/t31-/m1/s1. The quantitative estimate of drug-likeness (QED) is 0.217. The molecule has 0 bridgehead atoms. The van der Waals surface area contributed by atoms with Gasteiger partial charge in [-0.2, -0.15) is 0 Å². The summed E-state index contributed by atoms with van der Waals surface area (Å²) in [5.41, 5.74) is 2.89. The maximum Gasteiger partial charge on any atom is 0.264 e. The Hall–Kier alpha value is -3.95. The number of rotatable bonds is 12. The lowest BCUT2D eigenvalue weighted by Crippen LogP contribution is -2.53. The van der Waals surface area contributed by atoms with Crippen LogP contribution in [0.15, 0.2) is 119 Å². The third-order valence-corrected chi connectivity index (χ3v) is 9.28. The number of sulfonamides is 1. The maximum absolute atomic E-state index is 14.4. The van der Waals surface area contributed by atoms with Crippen LogP contribution in [-0.4, -0.2) is 44.8 Å². The summed E-state index contributed by atoms with van der Waals surface area (Å²) in [6, 6.07) is 31.3. The predicted molar refractivity (Wildman–Crippen MR) is 169 cm³/mol. The minimum Gasteiger partial charge on any atom is -0.357 e. The van der Waals surface area contributed by atoms with Crippen molar-refractivity contribution < 1.29 is 18.0 Å². The van der Waals surface area contributed by atoms with Gasteiger partial charge in [-0.05, 0) is 53.4 Å². The minimum absolute atomic E-state index is 0.0781. The Morgan fingerprint density at radius 1 is 0.833 bits per heavy atom. The second-order valence-corrected chi connectivity index (χ2v) is 12.6. The van der Waals surface area contributed by atoms with Crippen molar-refractivity contribution in [1.82, 2.24) is 10.2 Å². The average Bonchev–Trinajstić information content (AvgIpc) is 3.02. The van der Waals surface area contributed by atoms with E-state index in [2.05, 4.69) is 21.2 Å². The second kappa shape index (κ2) is 14.3. The molecule has 0 aliphatic heterocycles. The lowest BCUT2D eigenvalue weighted by Gasteiger charge is -2.34. The van der Waals surface area contributed by atoms with Gasteiger partial charge in [-0.1, -0.05) is 102 Å². The number of para-hydroxylation sites is 1. The molecule has 9 heteroatoms. The number of carbonyl (C=O) groups excluding carboxylic acids is 2. The summed E-state index contributed by atoms with van der Waals surface area (Å²) >= 11 is 3.49. The van der Waals surface area contributed by atoms with E-state index in [1.165, 1.54) is 28.4 Å². The van der Waals surface area contributed by atoms with Crippen LogP contribution in [0.2, 0.25) is 0 Å². The fraction of sp³-hybridized carbons (Fsp3) is 0.212. The molecule has 4 aromatic carbocycles. The largest absolute Gasteiger partial charge is 0.357 e. The Labute approximate surface area is 256 Å². The lowest BCUT2D eigenvalue weighted by molar-refractivity contribution is -0.139. The van der Waals surface area contributed by atoms with Gasteiger partial charge in [0.05, 0.1) is 10.6 Å². The van der Waals surface area contributed by atoms with Crippen LogP contribution < -0.4 is 9.62 Å². The lowest BCUT2D eigenvalue weighted by atomic mass is 10.0. The zero-order chi connectivity index (χ0) is 30.1. The highest BCUT2D eigenvalue weighted by Gasteiger charge is 2.34. The van der Waals surface area contributed by atoms with Crippen molar-refractivity contribution in [3.8, 4) is 0 Å². The normalized spacial score (nSPS) is 11.9. The second-order valence-electron chi connectivity index (χ2n) is 9.78. The molecule has 2 amide bonds. The first-order valence-electron chi connectivity index (χ1n) is 13.7. The summed E-state index contributed by atoms with van der Waals surface area (Å²) in [5.74, 6) is -0.835. The van der Waals surface area contributed by atoms with Gasteiger partial charge in [0.25, 0.3) is 10.0 Å². The van der Waals surface area contributed by atoms with Crippen molar-refractivity contribution in [2.45, 2.75) is 37.2 Å². The van der Waals surface area contributed by atoms with E-state index in [0.29, 0.717) is 12.1 Å². The number of benzene rings is 4. The number of nitrogens with zero attached hydrogens (tertiary/aromatic N) is 2. The molecule has 218 valence electrons. The number of likely N-dealkylation sites (N-methyl/N-ethyl adjacent to an activating group) is 1. The van der Waals surface area contributed by atoms with Crippen molar-refractivity contribution in [1.29, 1.82) is 0 Å². The Morgan fingerprint density at radius 2 is 1.45 bits per heavy atom. The molecule has 0 aliphatic carbocycles. The topological polar surface area (TPSA) is 86.8 Å². The van der Waals surface area contributed by atoms with Crippen LogP contribution in [0.5, 0.6) is 0 Å². The number of hydrogen-bond acceptors (Lipinski definition) is 4. The van der Waals surface area contributed by atoms with Crippen molar-refractivity contribution in [3.05, 3.63) is 130 Å². The van der Waals surface area contributed by atoms with Gasteiger partial charge in [0.1, 0.15) is 12.6 Å². The number of anilines is 1. The van der Waals surface area contributed by atoms with Crippen LogP contribution in [0.1, 0.15) is 23.6 Å². The van der Waals surface area contributed by atoms with Crippen LogP contribution in [-0.2, 0) is 39.0 Å². The van der Waals surface area contributed by atoms with Gasteiger partial charge < -0.3 is 10.2 Å². The minimum atomic E-state index is -4.13. The van der Waals surface area contributed by atoms with Crippen molar-refractivity contribution in [3.63, 3.8) is 0 Å². The highest BCUT2D eigenvalue weighted by molar-refractivity contribution is 9.10. The van der Waals surface area contributed by atoms with E-state index < -0.39 is 28.5 Å². The Kier molecular flexibility index (Phi) is 10.5. The van der Waals surface area contributed by atoms with E-state index in [1.54, 1.807) is 30.3 Å². The molecule has 1 N–H and O–H groups in total. The maximum atomic E-state index is 14.4. The number of aryl methyl sites for hydroxylation is 1. The molecular weight excluding hydrogens is 614 g/mol. The molecule has 7 nitrogen and oxygen atoms in total. The summed E-state index contributed by atoms with van der Waals surface area (Å²) in [4.78, 5) is 29.3. The molecule has 42 heavy (non-hydrogen) atoms. The first kappa shape index (κ1) is 31.0. The van der Waals surface area contributed by atoms with Gasteiger partial charge in [-0.25, -0.2) is 8.42 Å².